The molecule has 0 aliphatic heterocycles. The third-order valence-electron chi connectivity index (χ3n) is 4.76. The molecule has 7 nitrogen and oxygen atoms in total. The first-order chi connectivity index (χ1) is 15.6. The van der Waals surface area contributed by atoms with Crippen LogP contribution >= 0.6 is 11.6 Å². The van der Waals surface area contributed by atoms with Gasteiger partial charge in [-0.1, -0.05) is 29.3 Å². The highest BCUT2D eigenvalue weighted by Gasteiger charge is 2.28. The fraction of sp³-hybridized carbons (Fsp3) is 0.174. The lowest BCUT2D eigenvalue weighted by Gasteiger charge is -2.24. The summed E-state index contributed by atoms with van der Waals surface area (Å²) >= 11 is 6.10. The molecular weight excluding hydrogens is 471 g/mol. The molecule has 0 fully saturated rings. The lowest BCUT2D eigenvalue weighted by molar-refractivity contribution is -0.114. The number of amides is 1. The van der Waals surface area contributed by atoms with Gasteiger partial charge in [0.25, 0.3) is 10.0 Å². The fourth-order valence-electron chi connectivity index (χ4n) is 3.04. The van der Waals surface area contributed by atoms with Crippen LogP contribution in [0.2, 0.25) is 5.02 Å². The summed E-state index contributed by atoms with van der Waals surface area (Å²) < 4.78 is 51.4. The van der Waals surface area contributed by atoms with Crippen molar-refractivity contribution in [3.8, 4) is 11.5 Å². The number of sulfonamides is 1. The number of halogens is 2. The molecule has 0 heterocycles. The van der Waals surface area contributed by atoms with Crippen molar-refractivity contribution in [2.45, 2.75) is 11.8 Å². The number of rotatable bonds is 8. The van der Waals surface area contributed by atoms with Crippen LogP contribution in [0.3, 0.4) is 0 Å². The SMILES string of the molecule is COc1cc(NC(=O)CN(c2ccc(C)cc2)S(=O)(=O)c2ccc(F)cc2)c(OC)cc1Cl. The van der Waals surface area contributed by atoms with E-state index >= 15 is 0 Å². The van der Waals surface area contributed by atoms with Crippen LogP contribution in [0.5, 0.6) is 11.5 Å². The monoisotopic (exact) mass is 492 g/mol. The van der Waals surface area contributed by atoms with E-state index in [1.807, 2.05) is 6.92 Å². The van der Waals surface area contributed by atoms with Gasteiger partial charge in [-0.3, -0.25) is 9.10 Å². The number of aryl methyl sites for hydroxylation is 1. The average molecular weight is 493 g/mol. The molecular formula is C23H22ClFN2O5S. The van der Waals surface area contributed by atoms with E-state index in [4.69, 9.17) is 21.1 Å². The van der Waals surface area contributed by atoms with Crippen LogP contribution in [-0.2, 0) is 14.8 Å². The van der Waals surface area contributed by atoms with E-state index in [0.717, 1.165) is 34.1 Å². The number of hydrogen-bond donors (Lipinski definition) is 1. The molecule has 174 valence electrons. The van der Waals surface area contributed by atoms with Crippen molar-refractivity contribution < 1.29 is 27.1 Å². The number of ether oxygens (including phenoxy) is 2. The Kier molecular flexibility index (Phi) is 7.45. The molecule has 0 aliphatic carbocycles. The molecule has 0 spiro atoms. The Balaban J connectivity index is 1.96. The minimum absolute atomic E-state index is 0.150. The first-order valence-electron chi connectivity index (χ1n) is 9.72. The number of carbonyl (C=O) groups excluding carboxylic acids is 1. The van der Waals surface area contributed by atoms with Crippen molar-refractivity contribution in [1.82, 2.24) is 0 Å². The molecule has 0 aromatic heterocycles. The van der Waals surface area contributed by atoms with Gasteiger partial charge in [-0.25, -0.2) is 12.8 Å². The molecule has 3 rings (SSSR count). The highest BCUT2D eigenvalue weighted by molar-refractivity contribution is 7.92. The van der Waals surface area contributed by atoms with Crippen molar-refractivity contribution in [1.29, 1.82) is 0 Å². The Labute approximate surface area is 196 Å². The third-order valence-corrected chi connectivity index (χ3v) is 6.84. The van der Waals surface area contributed by atoms with Gasteiger partial charge in [0.15, 0.2) is 0 Å². The summed E-state index contributed by atoms with van der Waals surface area (Å²) in [5, 5.41) is 2.92. The van der Waals surface area contributed by atoms with E-state index in [1.54, 1.807) is 24.3 Å². The maximum atomic E-state index is 13.4. The summed E-state index contributed by atoms with van der Waals surface area (Å²) in [6, 6.07) is 14.0. The van der Waals surface area contributed by atoms with Gasteiger partial charge < -0.3 is 14.8 Å². The zero-order valence-corrected chi connectivity index (χ0v) is 19.7. The van der Waals surface area contributed by atoms with Crippen LogP contribution in [0.1, 0.15) is 5.56 Å². The number of methoxy groups -OCH3 is 2. The number of carbonyl (C=O) groups is 1. The highest BCUT2D eigenvalue weighted by Crippen LogP contribution is 2.36. The van der Waals surface area contributed by atoms with Gasteiger partial charge in [0.1, 0.15) is 23.9 Å². The van der Waals surface area contributed by atoms with Crippen molar-refractivity contribution >= 4 is 38.9 Å². The normalized spacial score (nSPS) is 11.1. The molecule has 1 N–H and O–H groups in total. The van der Waals surface area contributed by atoms with E-state index < -0.39 is 28.3 Å². The molecule has 0 unspecified atom stereocenters. The van der Waals surface area contributed by atoms with E-state index in [-0.39, 0.29) is 27.0 Å². The third kappa shape index (κ3) is 5.55. The van der Waals surface area contributed by atoms with Crippen molar-refractivity contribution in [3.63, 3.8) is 0 Å². The summed E-state index contributed by atoms with van der Waals surface area (Å²) in [7, 11) is -1.35. The van der Waals surface area contributed by atoms with Crippen molar-refractivity contribution in [2.75, 3.05) is 30.4 Å². The van der Waals surface area contributed by atoms with Gasteiger partial charge in [-0.15, -0.1) is 0 Å². The smallest absolute Gasteiger partial charge is 0.264 e. The number of anilines is 2. The molecule has 0 bridgehead atoms. The summed E-state index contributed by atoms with van der Waals surface area (Å²) in [5.74, 6) is -0.624. The van der Waals surface area contributed by atoms with Gasteiger partial charge in [-0.05, 0) is 43.3 Å². The van der Waals surface area contributed by atoms with Gasteiger partial charge >= 0.3 is 0 Å². The lowest BCUT2D eigenvalue weighted by atomic mass is 10.2. The van der Waals surface area contributed by atoms with Crippen molar-refractivity contribution in [2.24, 2.45) is 0 Å². The molecule has 0 radical (unpaired) electrons. The topological polar surface area (TPSA) is 84.9 Å². The zero-order chi connectivity index (χ0) is 24.2. The van der Waals surface area contributed by atoms with Crippen LogP contribution in [0, 0.1) is 12.7 Å². The maximum Gasteiger partial charge on any atom is 0.264 e. The predicted molar refractivity (Wildman–Crippen MR) is 125 cm³/mol. The van der Waals surface area contributed by atoms with Crippen LogP contribution in [0.25, 0.3) is 0 Å². The van der Waals surface area contributed by atoms with Crippen LogP contribution in [0.15, 0.2) is 65.6 Å². The first-order valence-corrected chi connectivity index (χ1v) is 11.5. The number of nitrogens with one attached hydrogen (secondary N) is 1. The predicted octanol–water partition coefficient (Wildman–Crippen LogP) is 4.64. The van der Waals surface area contributed by atoms with Gasteiger partial charge in [0.2, 0.25) is 5.91 Å². The zero-order valence-electron chi connectivity index (χ0n) is 18.1. The summed E-state index contributed by atoms with van der Waals surface area (Å²) in [6.07, 6.45) is 0. The van der Waals surface area contributed by atoms with E-state index in [9.17, 15) is 17.6 Å². The Morgan fingerprint density at radius 1 is 1.00 bits per heavy atom. The van der Waals surface area contributed by atoms with E-state index in [2.05, 4.69) is 5.32 Å². The van der Waals surface area contributed by atoms with E-state index in [1.165, 1.54) is 26.4 Å². The summed E-state index contributed by atoms with van der Waals surface area (Å²) in [4.78, 5) is 12.8. The largest absolute Gasteiger partial charge is 0.495 e. The van der Waals surface area contributed by atoms with E-state index in [0.29, 0.717) is 5.75 Å². The van der Waals surface area contributed by atoms with Crippen LogP contribution in [-0.4, -0.2) is 35.1 Å². The quantitative estimate of drug-likeness (QED) is 0.495. The second-order valence-corrected chi connectivity index (χ2v) is 9.31. The number of hydrogen-bond acceptors (Lipinski definition) is 5. The first kappa shape index (κ1) is 24.3. The minimum Gasteiger partial charge on any atom is -0.495 e. The van der Waals surface area contributed by atoms with Gasteiger partial charge in [0, 0.05) is 12.1 Å². The Bertz CT molecular complexity index is 1250. The molecule has 1 amide bonds. The highest BCUT2D eigenvalue weighted by atomic mass is 35.5. The van der Waals surface area contributed by atoms with Crippen molar-refractivity contribution in [3.05, 3.63) is 77.1 Å². The molecule has 0 atom stereocenters. The Morgan fingerprint density at radius 3 is 2.18 bits per heavy atom. The number of benzene rings is 3. The molecule has 3 aromatic rings. The molecule has 0 aliphatic rings. The molecule has 10 heteroatoms. The van der Waals surface area contributed by atoms with Gasteiger partial charge in [-0.2, -0.15) is 0 Å². The molecule has 0 saturated carbocycles. The fourth-order valence-corrected chi connectivity index (χ4v) is 4.69. The minimum atomic E-state index is -4.18. The van der Waals surface area contributed by atoms with Gasteiger partial charge in [0.05, 0.1) is 35.5 Å². The molecule has 33 heavy (non-hydrogen) atoms. The average Bonchev–Trinajstić information content (AvgIpc) is 2.79. The summed E-state index contributed by atoms with van der Waals surface area (Å²) in [6.45, 7) is 1.31. The molecule has 3 aromatic carbocycles. The maximum absolute atomic E-state index is 13.4. The lowest BCUT2D eigenvalue weighted by Crippen LogP contribution is -2.38. The Hall–Kier alpha value is -3.30. The summed E-state index contributed by atoms with van der Waals surface area (Å²) in [5.41, 5.74) is 1.45. The molecule has 0 saturated heterocycles. The number of nitrogens with zero attached hydrogens (tertiary/aromatic N) is 1. The second kappa shape index (κ2) is 10.1. The Morgan fingerprint density at radius 2 is 1.61 bits per heavy atom. The van der Waals surface area contributed by atoms with Crippen LogP contribution < -0.4 is 19.1 Å². The standard InChI is InChI=1S/C23H22ClFN2O5S/c1-15-4-8-17(9-5-15)27(33(29,30)18-10-6-16(25)7-11-18)14-23(28)26-20-13-21(31-2)19(24)12-22(20)32-3/h4-13H,14H2,1-3H3,(H,26,28). The van der Waals surface area contributed by atoms with Crippen LogP contribution in [0.4, 0.5) is 15.8 Å². The second-order valence-electron chi connectivity index (χ2n) is 7.04.